The topological polar surface area (TPSA) is 67.7 Å². The van der Waals surface area contributed by atoms with Crippen LogP contribution in [0.3, 0.4) is 0 Å². The fourth-order valence-electron chi connectivity index (χ4n) is 2.92. The maximum absolute atomic E-state index is 9.51. The first-order valence-corrected chi connectivity index (χ1v) is 8.63. The Labute approximate surface area is 154 Å². The molecule has 0 aliphatic rings. The van der Waals surface area contributed by atoms with Gasteiger partial charge in [0.25, 0.3) is 0 Å². The van der Waals surface area contributed by atoms with E-state index in [1.165, 1.54) is 5.39 Å². The minimum absolute atomic E-state index is 0.535. The first-order chi connectivity index (χ1) is 12.6. The van der Waals surface area contributed by atoms with Gasteiger partial charge in [0.2, 0.25) is 0 Å². The third-order valence-electron chi connectivity index (χ3n) is 4.40. The number of nitrogens with zero attached hydrogens (tertiary/aromatic N) is 3. The number of hydrogen-bond donors (Lipinski definition) is 2. The van der Waals surface area contributed by atoms with Gasteiger partial charge in [-0.3, -0.25) is 4.98 Å². The summed E-state index contributed by atoms with van der Waals surface area (Å²) < 4.78 is 0. The van der Waals surface area contributed by atoms with Gasteiger partial charge >= 0.3 is 0 Å². The summed E-state index contributed by atoms with van der Waals surface area (Å²) in [7, 11) is 4.11. The molecule has 3 aromatic rings. The second kappa shape index (κ2) is 7.85. The van der Waals surface area contributed by atoms with E-state index in [1.54, 1.807) is 12.4 Å². The van der Waals surface area contributed by atoms with E-state index in [0.717, 1.165) is 41.0 Å². The van der Waals surface area contributed by atoms with Crippen LogP contribution < -0.4 is 5.32 Å². The Bertz CT molecular complexity index is 976. The molecular formula is C21H23N5. The van der Waals surface area contributed by atoms with E-state index < -0.39 is 0 Å². The van der Waals surface area contributed by atoms with Gasteiger partial charge in [0, 0.05) is 47.3 Å². The molecule has 0 atom stereocenters. The normalized spacial score (nSPS) is 11.3. The van der Waals surface area contributed by atoms with Crippen molar-refractivity contribution in [2.45, 2.75) is 13.3 Å². The lowest BCUT2D eigenvalue weighted by Crippen LogP contribution is -2.11. The van der Waals surface area contributed by atoms with Crippen molar-refractivity contribution < 1.29 is 0 Å². The van der Waals surface area contributed by atoms with Crippen LogP contribution in [0.5, 0.6) is 0 Å². The van der Waals surface area contributed by atoms with Gasteiger partial charge in [-0.2, -0.15) is 5.26 Å². The Kier molecular flexibility index (Phi) is 5.35. The molecule has 3 rings (SSSR count). The molecule has 5 nitrogen and oxygen atoms in total. The quantitative estimate of drug-likeness (QED) is 0.692. The van der Waals surface area contributed by atoms with Gasteiger partial charge in [-0.15, -0.1) is 0 Å². The monoisotopic (exact) mass is 345 g/mol. The summed E-state index contributed by atoms with van der Waals surface area (Å²) in [5, 5.41) is 14.1. The van der Waals surface area contributed by atoms with Crippen LogP contribution in [0.25, 0.3) is 17.0 Å². The van der Waals surface area contributed by atoms with Crippen molar-refractivity contribution in [1.82, 2.24) is 14.9 Å². The molecule has 2 heterocycles. The minimum Gasteiger partial charge on any atom is -0.361 e. The van der Waals surface area contributed by atoms with Crippen molar-refractivity contribution in [2.75, 3.05) is 26.0 Å². The maximum Gasteiger partial charge on any atom is 0.103 e. The summed E-state index contributed by atoms with van der Waals surface area (Å²) in [6.45, 7) is 3.06. The lowest BCUT2D eigenvalue weighted by atomic mass is 10.1. The number of anilines is 2. The van der Waals surface area contributed by atoms with Crippen LogP contribution >= 0.6 is 0 Å². The predicted octanol–water partition coefficient (Wildman–Crippen LogP) is 4.45. The highest BCUT2D eigenvalue weighted by atomic mass is 15.0. The molecule has 2 N–H and O–H groups in total. The second-order valence-electron chi connectivity index (χ2n) is 6.56. The number of rotatable bonds is 6. The standard InChI is InChI=1S/C21H23N5/c1-15-18-9-10-24-20(18)8-7-19(15)25-21-16(6-4-5-11-26(2)3)13-23-14-17(21)12-22/h4,6-10,13-14,24H,5,11H2,1-3H3,(H,23,25)/b6-4+. The van der Waals surface area contributed by atoms with Gasteiger partial charge in [0.05, 0.1) is 11.3 Å². The summed E-state index contributed by atoms with van der Waals surface area (Å²) in [6, 6.07) is 8.39. The van der Waals surface area contributed by atoms with Gasteiger partial charge in [0.15, 0.2) is 0 Å². The summed E-state index contributed by atoms with van der Waals surface area (Å²) in [5.41, 5.74) is 5.48. The summed E-state index contributed by atoms with van der Waals surface area (Å²) >= 11 is 0. The molecule has 0 bridgehead atoms. The average molecular weight is 345 g/mol. The van der Waals surface area contributed by atoms with E-state index >= 15 is 0 Å². The molecule has 0 fully saturated rings. The van der Waals surface area contributed by atoms with Crippen molar-refractivity contribution in [3.63, 3.8) is 0 Å². The highest BCUT2D eigenvalue weighted by molar-refractivity contribution is 5.89. The number of pyridine rings is 1. The maximum atomic E-state index is 9.51. The van der Waals surface area contributed by atoms with E-state index in [9.17, 15) is 5.26 Å². The molecule has 2 aromatic heterocycles. The van der Waals surface area contributed by atoms with Crippen LogP contribution in [0.1, 0.15) is 23.1 Å². The third-order valence-corrected chi connectivity index (χ3v) is 4.40. The number of H-pyrrole nitrogens is 1. The molecule has 26 heavy (non-hydrogen) atoms. The van der Waals surface area contributed by atoms with Crippen LogP contribution in [0, 0.1) is 18.3 Å². The Balaban J connectivity index is 1.94. The molecule has 0 radical (unpaired) electrons. The molecule has 0 saturated heterocycles. The third kappa shape index (κ3) is 3.76. The van der Waals surface area contributed by atoms with E-state index in [0.29, 0.717) is 5.56 Å². The SMILES string of the molecule is Cc1c(Nc2c(C#N)cncc2/C=C/CCN(C)C)ccc2[nH]ccc12. The fraction of sp³-hybridized carbons (Fsp3) is 0.238. The fourth-order valence-corrected chi connectivity index (χ4v) is 2.92. The zero-order chi connectivity index (χ0) is 18.5. The smallest absolute Gasteiger partial charge is 0.103 e. The molecule has 5 heteroatoms. The van der Waals surface area contributed by atoms with Crippen molar-refractivity contribution in [3.05, 3.63) is 59.6 Å². The number of nitrogens with one attached hydrogen (secondary N) is 2. The number of aromatic amines is 1. The van der Waals surface area contributed by atoms with Gasteiger partial charge in [-0.25, -0.2) is 0 Å². The number of fused-ring (bicyclic) bond motifs is 1. The largest absolute Gasteiger partial charge is 0.361 e. The summed E-state index contributed by atoms with van der Waals surface area (Å²) in [5.74, 6) is 0. The Morgan fingerprint density at radius 3 is 2.88 bits per heavy atom. The number of nitriles is 1. The molecule has 0 aliphatic carbocycles. The van der Waals surface area contributed by atoms with Crippen LogP contribution in [0.15, 0.2) is 42.9 Å². The van der Waals surface area contributed by atoms with Crippen LogP contribution in [-0.2, 0) is 0 Å². The van der Waals surface area contributed by atoms with Crippen LogP contribution in [-0.4, -0.2) is 35.5 Å². The summed E-state index contributed by atoms with van der Waals surface area (Å²) in [6.07, 6.45) is 10.4. The van der Waals surface area contributed by atoms with Gasteiger partial charge in [-0.1, -0.05) is 12.2 Å². The van der Waals surface area contributed by atoms with E-state index in [1.807, 2.05) is 24.4 Å². The number of aryl methyl sites for hydroxylation is 1. The molecule has 0 aliphatic heterocycles. The highest BCUT2D eigenvalue weighted by Crippen LogP contribution is 2.30. The Morgan fingerprint density at radius 1 is 1.27 bits per heavy atom. The number of aromatic nitrogens is 2. The molecule has 0 amide bonds. The van der Waals surface area contributed by atoms with Gasteiger partial charge in [-0.05, 0) is 51.2 Å². The zero-order valence-corrected chi connectivity index (χ0v) is 15.4. The summed E-state index contributed by atoms with van der Waals surface area (Å²) in [4.78, 5) is 9.57. The van der Waals surface area contributed by atoms with Crippen molar-refractivity contribution in [1.29, 1.82) is 5.26 Å². The lowest BCUT2D eigenvalue weighted by Gasteiger charge is -2.14. The first-order valence-electron chi connectivity index (χ1n) is 8.63. The van der Waals surface area contributed by atoms with Crippen LogP contribution in [0.4, 0.5) is 11.4 Å². The van der Waals surface area contributed by atoms with Crippen LogP contribution in [0.2, 0.25) is 0 Å². The first kappa shape index (κ1) is 17.7. The number of benzene rings is 1. The van der Waals surface area contributed by atoms with Gasteiger partial charge < -0.3 is 15.2 Å². The molecule has 132 valence electrons. The average Bonchev–Trinajstić information content (AvgIpc) is 3.11. The van der Waals surface area contributed by atoms with Crippen molar-refractivity contribution in [2.24, 2.45) is 0 Å². The lowest BCUT2D eigenvalue weighted by molar-refractivity contribution is 0.417. The van der Waals surface area contributed by atoms with Crippen molar-refractivity contribution in [3.8, 4) is 6.07 Å². The van der Waals surface area contributed by atoms with E-state index in [4.69, 9.17) is 0 Å². The highest BCUT2D eigenvalue weighted by Gasteiger charge is 2.11. The van der Waals surface area contributed by atoms with Crippen molar-refractivity contribution >= 4 is 28.4 Å². The predicted molar refractivity (Wildman–Crippen MR) is 107 cm³/mol. The molecule has 0 saturated carbocycles. The zero-order valence-electron chi connectivity index (χ0n) is 15.4. The molecule has 0 unspecified atom stereocenters. The van der Waals surface area contributed by atoms with E-state index in [2.05, 4.69) is 59.4 Å². The van der Waals surface area contributed by atoms with Gasteiger partial charge in [0.1, 0.15) is 6.07 Å². The Hall–Kier alpha value is -3.10. The second-order valence-corrected chi connectivity index (χ2v) is 6.56. The molecular weight excluding hydrogens is 322 g/mol. The minimum atomic E-state index is 0.535. The molecule has 0 spiro atoms. The van der Waals surface area contributed by atoms with E-state index in [-0.39, 0.29) is 0 Å². The Morgan fingerprint density at radius 2 is 2.12 bits per heavy atom. The molecule has 1 aromatic carbocycles. The number of hydrogen-bond acceptors (Lipinski definition) is 4.